The van der Waals surface area contributed by atoms with Crippen molar-refractivity contribution in [1.29, 1.82) is 0 Å². The highest BCUT2D eigenvalue weighted by molar-refractivity contribution is 5.88. The summed E-state index contributed by atoms with van der Waals surface area (Å²) >= 11 is 0. The van der Waals surface area contributed by atoms with E-state index >= 15 is 0 Å². The first-order chi connectivity index (χ1) is 34.7. The van der Waals surface area contributed by atoms with E-state index in [0.717, 1.165) is 89.9 Å². The highest BCUT2D eigenvalue weighted by atomic mass is 16.4. The van der Waals surface area contributed by atoms with Crippen molar-refractivity contribution in [3.05, 3.63) is 231 Å². The average Bonchev–Trinajstić information content (AvgIpc) is 4.15. The first-order valence-electron chi connectivity index (χ1n) is 22.6. The molecule has 0 atom stereocenters. The average molecular weight is 907 g/mol. The number of hydrogen-bond acceptors (Lipinski definition) is 12. The summed E-state index contributed by atoms with van der Waals surface area (Å²) in [5.41, 5.74) is 14.2. The molecule has 0 saturated heterocycles. The van der Waals surface area contributed by atoms with Crippen molar-refractivity contribution in [1.82, 2.24) is 40.3 Å². The molecule has 0 saturated carbocycles. The van der Waals surface area contributed by atoms with Crippen LogP contribution < -0.4 is 9.80 Å². The van der Waals surface area contributed by atoms with E-state index in [2.05, 4.69) is 137 Å². The van der Waals surface area contributed by atoms with Gasteiger partial charge in [0.05, 0.1) is 22.4 Å². The van der Waals surface area contributed by atoms with E-state index < -0.39 is 0 Å². The Bertz CT molecular complexity index is 3440. The predicted octanol–water partition coefficient (Wildman–Crippen LogP) is 14.1. The molecule has 7 aromatic carbocycles. The molecule has 0 bridgehead atoms. The third kappa shape index (κ3) is 8.28. The van der Waals surface area contributed by atoms with E-state index in [1.807, 2.05) is 109 Å². The van der Waals surface area contributed by atoms with E-state index in [4.69, 9.17) is 18.8 Å². The lowest BCUT2D eigenvalue weighted by Gasteiger charge is -2.26. The van der Waals surface area contributed by atoms with Crippen LogP contribution in [-0.2, 0) is 0 Å². The quantitative estimate of drug-likeness (QED) is 0.115. The number of benzene rings is 7. The molecule has 0 unspecified atom stereocenters. The Morgan fingerprint density at radius 3 is 0.857 bits per heavy atom. The van der Waals surface area contributed by atoms with Crippen molar-refractivity contribution in [2.45, 2.75) is 0 Å². The summed E-state index contributed by atoms with van der Waals surface area (Å²) in [7, 11) is 0. The van der Waals surface area contributed by atoms with Crippen LogP contribution in [0.25, 0.3) is 79.4 Å². The summed E-state index contributed by atoms with van der Waals surface area (Å²) in [6, 6.07) is 69.2. The maximum absolute atomic E-state index is 6.05. The molecule has 70 heavy (non-hydrogen) atoms. The molecule has 0 fully saturated rings. The van der Waals surface area contributed by atoms with Crippen molar-refractivity contribution in [3.63, 3.8) is 0 Å². The smallest absolute Gasteiger partial charge is 0.248 e. The number of anilines is 6. The third-order valence-corrected chi connectivity index (χ3v) is 11.8. The molecule has 12 heteroatoms. The summed E-state index contributed by atoms with van der Waals surface area (Å²) in [4.78, 5) is 23.1. The molecule has 5 heterocycles. The Morgan fingerprint density at radius 1 is 0.257 bits per heavy atom. The summed E-state index contributed by atoms with van der Waals surface area (Å²) in [5, 5.41) is 17.2. The lowest BCUT2D eigenvalue weighted by atomic mass is 10.0. The number of rotatable bonds is 12. The van der Waals surface area contributed by atoms with Crippen LogP contribution >= 0.6 is 0 Å². The van der Waals surface area contributed by atoms with Gasteiger partial charge >= 0.3 is 0 Å². The lowest BCUT2D eigenvalue weighted by Crippen LogP contribution is -2.10. The molecule has 0 amide bonds. The third-order valence-electron chi connectivity index (χ3n) is 11.8. The van der Waals surface area contributed by atoms with Crippen molar-refractivity contribution in [2.75, 3.05) is 9.80 Å². The first kappa shape index (κ1) is 41.5. The Labute approximate surface area is 401 Å². The van der Waals surface area contributed by atoms with Crippen LogP contribution in [0.2, 0.25) is 0 Å². The van der Waals surface area contributed by atoms with E-state index in [9.17, 15) is 0 Å². The van der Waals surface area contributed by atoms with Gasteiger partial charge in [-0.2, -0.15) is 0 Å². The standard InChI is InChI=1S/C58H38N10O2/c1-3-9-45(10-4-1)67(49-27-19-41(20-28-49)55-63-65-57(69-55)43-31-35-59-36-32-43)47-23-15-39(16-24-47)53-54(62-52-14-8-7-13-51(52)61-53)40-17-25-48(26-18-40)68(46-11-5-2-6-12-46)50-29-21-42(22-30-50)56-64-66-58(70-56)44-33-37-60-38-34-44/h1-38H. The first-order valence-corrected chi connectivity index (χ1v) is 22.6. The second-order valence-electron chi connectivity index (χ2n) is 16.2. The molecule has 0 aliphatic rings. The van der Waals surface area contributed by atoms with Crippen molar-refractivity contribution in [2.24, 2.45) is 0 Å². The van der Waals surface area contributed by atoms with Crippen LogP contribution in [0.3, 0.4) is 0 Å². The zero-order chi connectivity index (χ0) is 46.6. The highest BCUT2D eigenvalue weighted by Crippen LogP contribution is 2.40. The van der Waals surface area contributed by atoms with Crippen LogP contribution in [0.1, 0.15) is 0 Å². The fraction of sp³-hybridized carbons (Fsp3) is 0. The van der Waals surface area contributed by atoms with E-state index in [1.165, 1.54) is 0 Å². The van der Waals surface area contributed by atoms with Gasteiger partial charge in [-0.15, -0.1) is 20.4 Å². The lowest BCUT2D eigenvalue weighted by molar-refractivity contribution is 0.584. The largest absolute Gasteiger partial charge is 0.416 e. The molecule has 0 radical (unpaired) electrons. The second-order valence-corrected chi connectivity index (χ2v) is 16.2. The molecule has 12 aromatic rings. The molecule has 5 aromatic heterocycles. The van der Waals surface area contributed by atoms with Crippen LogP contribution in [0, 0.1) is 0 Å². The molecule has 332 valence electrons. The highest BCUT2D eigenvalue weighted by Gasteiger charge is 2.20. The van der Waals surface area contributed by atoms with Gasteiger partial charge in [0.25, 0.3) is 0 Å². The Balaban J connectivity index is 0.858. The fourth-order valence-corrected chi connectivity index (χ4v) is 8.40. The predicted molar refractivity (Wildman–Crippen MR) is 273 cm³/mol. The minimum Gasteiger partial charge on any atom is -0.416 e. The van der Waals surface area contributed by atoms with Gasteiger partial charge in [0.1, 0.15) is 0 Å². The molecule has 12 nitrogen and oxygen atoms in total. The Morgan fingerprint density at radius 2 is 0.529 bits per heavy atom. The minimum atomic E-state index is 0.439. The van der Waals surface area contributed by atoms with E-state index in [1.54, 1.807) is 24.8 Å². The number of para-hydroxylation sites is 4. The van der Waals surface area contributed by atoms with Gasteiger partial charge in [-0.1, -0.05) is 72.8 Å². The van der Waals surface area contributed by atoms with Gasteiger partial charge < -0.3 is 18.6 Å². The van der Waals surface area contributed by atoms with E-state index in [-0.39, 0.29) is 0 Å². The van der Waals surface area contributed by atoms with Crippen molar-refractivity contribution in [3.8, 4) is 68.3 Å². The number of nitrogens with zero attached hydrogens (tertiary/aromatic N) is 10. The molecular formula is C58H38N10O2. The van der Waals surface area contributed by atoms with Gasteiger partial charge in [-0.05, 0) is 133 Å². The topological polar surface area (TPSA) is 136 Å². The second kappa shape index (κ2) is 18.4. The Hall–Kier alpha value is -9.94. The number of fused-ring (bicyclic) bond motifs is 1. The monoisotopic (exact) mass is 906 g/mol. The van der Waals surface area contributed by atoms with Gasteiger partial charge in [0.15, 0.2) is 0 Å². The van der Waals surface area contributed by atoms with Crippen LogP contribution in [-0.4, -0.2) is 40.3 Å². The van der Waals surface area contributed by atoms with Crippen LogP contribution in [0.5, 0.6) is 0 Å². The number of pyridine rings is 2. The molecular weight excluding hydrogens is 869 g/mol. The van der Waals surface area contributed by atoms with Gasteiger partial charge in [0.2, 0.25) is 23.6 Å². The molecule has 12 rings (SSSR count). The zero-order valence-corrected chi connectivity index (χ0v) is 37.2. The summed E-state index contributed by atoms with van der Waals surface area (Å²) in [6.07, 6.45) is 6.81. The van der Waals surface area contributed by atoms with Gasteiger partial charge in [-0.25, -0.2) is 9.97 Å². The fourth-order valence-electron chi connectivity index (χ4n) is 8.40. The SMILES string of the molecule is c1ccc(N(c2ccc(-c3nnc(-c4ccncc4)o3)cc2)c2ccc(-c3nc4ccccc4nc3-c3ccc(N(c4ccccc4)c4ccc(-c5nnc(-c6ccncc6)o5)cc4)cc3)cc2)cc1. The molecule has 0 aliphatic heterocycles. The van der Waals surface area contributed by atoms with Crippen LogP contribution in [0.15, 0.2) is 240 Å². The van der Waals surface area contributed by atoms with Crippen LogP contribution in [0.4, 0.5) is 34.1 Å². The maximum Gasteiger partial charge on any atom is 0.248 e. The molecule has 0 aliphatic carbocycles. The zero-order valence-electron chi connectivity index (χ0n) is 37.2. The summed E-state index contributed by atoms with van der Waals surface area (Å²) in [5.74, 6) is 1.76. The van der Waals surface area contributed by atoms with Gasteiger partial charge in [0, 0.05) is 92.3 Å². The van der Waals surface area contributed by atoms with Gasteiger partial charge in [-0.3, -0.25) is 9.97 Å². The molecule has 0 N–H and O–H groups in total. The maximum atomic E-state index is 6.05. The molecule has 0 spiro atoms. The van der Waals surface area contributed by atoms with Crippen molar-refractivity contribution >= 4 is 45.2 Å². The summed E-state index contributed by atoms with van der Waals surface area (Å²) in [6.45, 7) is 0. The van der Waals surface area contributed by atoms with Crippen molar-refractivity contribution < 1.29 is 8.83 Å². The normalized spacial score (nSPS) is 11.1. The number of hydrogen-bond donors (Lipinski definition) is 0. The minimum absolute atomic E-state index is 0.439. The number of aromatic nitrogens is 8. The Kier molecular flexibility index (Phi) is 10.9. The van der Waals surface area contributed by atoms with E-state index in [0.29, 0.717) is 23.6 Å². The summed E-state index contributed by atoms with van der Waals surface area (Å²) < 4.78 is 12.1.